The topological polar surface area (TPSA) is 30.7 Å². The molecule has 0 saturated carbocycles. The van der Waals surface area contributed by atoms with E-state index in [1.807, 2.05) is 18.6 Å². The molecule has 1 aromatic carbocycles. The van der Waals surface area contributed by atoms with Crippen molar-refractivity contribution >= 4 is 21.9 Å². The fourth-order valence-electron chi connectivity index (χ4n) is 4.17. The van der Waals surface area contributed by atoms with Crippen LogP contribution in [0.5, 0.6) is 0 Å². The molecule has 0 aliphatic carbocycles. The molecule has 0 fully saturated rings. The third kappa shape index (κ3) is 6.05. The van der Waals surface area contributed by atoms with Gasteiger partial charge in [0.1, 0.15) is 5.52 Å². The first-order valence-corrected chi connectivity index (χ1v) is 11.6. The van der Waals surface area contributed by atoms with Crippen molar-refractivity contribution in [1.82, 2.24) is 14.5 Å². The van der Waals surface area contributed by atoms with Crippen molar-refractivity contribution in [2.24, 2.45) is 0 Å². The fourth-order valence-corrected chi connectivity index (χ4v) is 4.17. The third-order valence-corrected chi connectivity index (χ3v) is 5.85. The van der Waals surface area contributed by atoms with Gasteiger partial charge in [0.05, 0.1) is 23.6 Å². The van der Waals surface area contributed by atoms with Crippen molar-refractivity contribution in [2.75, 3.05) is 0 Å². The number of unbranched alkanes of at least 4 members (excludes halogenated alkanes) is 12. The van der Waals surface area contributed by atoms with Gasteiger partial charge in [-0.15, -0.1) is 0 Å². The number of pyridine rings is 1. The van der Waals surface area contributed by atoms with Gasteiger partial charge in [0, 0.05) is 11.9 Å². The molecule has 3 aromatic rings. The van der Waals surface area contributed by atoms with Crippen LogP contribution >= 0.6 is 0 Å². The number of rotatable bonds is 14. The maximum absolute atomic E-state index is 4.55. The van der Waals surface area contributed by atoms with Crippen molar-refractivity contribution in [3.8, 4) is 0 Å². The van der Waals surface area contributed by atoms with Gasteiger partial charge < -0.3 is 4.57 Å². The SMILES string of the molecule is CCCCCCCCCCCCCCCn1cnc2cnc3ccccc3c21. The zero-order chi connectivity index (χ0) is 19.4. The minimum atomic E-state index is 1.01. The highest BCUT2D eigenvalue weighted by Gasteiger charge is 2.07. The summed E-state index contributed by atoms with van der Waals surface area (Å²) in [7, 11) is 0. The molecule has 2 aromatic heterocycles. The van der Waals surface area contributed by atoms with E-state index < -0.39 is 0 Å². The molecule has 0 spiro atoms. The number of aromatic nitrogens is 3. The van der Waals surface area contributed by atoms with Crippen LogP contribution in [0, 0.1) is 0 Å². The molecule has 0 aliphatic heterocycles. The van der Waals surface area contributed by atoms with Crippen molar-refractivity contribution in [2.45, 2.75) is 96.9 Å². The monoisotopic (exact) mass is 379 g/mol. The van der Waals surface area contributed by atoms with E-state index in [1.54, 1.807) is 0 Å². The number of imidazole rings is 1. The maximum atomic E-state index is 4.55. The number of hydrogen-bond donors (Lipinski definition) is 0. The lowest BCUT2D eigenvalue weighted by atomic mass is 10.0. The lowest BCUT2D eigenvalue weighted by Gasteiger charge is -2.07. The molecule has 0 atom stereocenters. The number of aryl methyl sites for hydroxylation is 1. The number of hydrogen-bond acceptors (Lipinski definition) is 2. The van der Waals surface area contributed by atoms with Crippen LogP contribution in [0.1, 0.15) is 90.4 Å². The highest BCUT2D eigenvalue weighted by Crippen LogP contribution is 2.23. The predicted octanol–water partition coefficient (Wildman–Crippen LogP) is 7.68. The van der Waals surface area contributed by atoms with Crippen LogP contribution < -0.4 is 0 Å². The lowest BCUT2D eigenvalue weighted by molar-refractivity contribution is 0.528. The molecule has 0 aliphatic rings. The van der Waals surface area contributed by atoms with E-state index in [9.17, 15) is 0 Å². The molecule has 0 radical (unpaired) electrons. The Morgan fingerprint density at radius 2 is 1.29 bits per heavy atom. The largest absolute Gasteiger partial charge is 0.330 e. The quantitative estimate of drug-likeness (QED) is 0.269. The molecule has 0 unspecified atom stereocenters. The highest BCUT2D eigenvalue weighted by atomic mass is 15.0. The summed E-state index contributed by atoms with van der Waals surface area (Å²) in [6.45, 7) is 3.35. The van der Waals surface area contributed by atoms with Gasteiger partial charge >= 0.3 is 0 Å². The molecular weight excluding hydrogens is 342 g/mol. The van der Waals surface area contributed by atoms with Gasteiger partial charge in [-0.1, -0.05) is 102 Å². The first-order chi connectivity index (χ1) is 13.9. The molecule has 2 heterocycles. The normalized spacial score (nSPS) is 11.6. The van der Waals surface area contributed by atoms with Crippen LogP contribution in [0.4, 0.5) is 0 Å². The maximum Gasteiger partial charge on any atom is 0.107 e. The number of benzene rings is 1. The molecule has 0 N–H and O–H groups in total. The highest BCUT2D eigenvalue weighted by molar-refractivity contribution is 6.01. The number of fused-ring (bicyclic) bond motifs is 3. The molecule has 0 saturated heterocycles. The van der Waals surface area contributed by atoms with Crippen molar-refractivity contribution in [3.63, 3.8) is 0 Å². The van der Waals surface area contributed by atoms with E-state index in [-0.39, 0.29) is 0 Å². The zero-order valence-corrected chi connectivity index (χ0v) is 17.7. The summed E-state index contributed by atoms with van der Waals surface area (Å²) in [6, 6.07) is 8.38. The van der Waals surface area contributed by atoms with Gasteiger partial charge in [-0.2, -0.15) is 0 Å². The van der Waals surface area contributed by atoms with E-state index >= 15 is 0 Å². The Labute approximate surface area is 170 Å². The Hall–Kier alpha value is -1.90. The Morgan fingerprint density at radius 1 is 0.679 bits per heavy atom. The van der Waals surface area contributed by atoms with E-state index in [1.165, 1.54) is 94.4 Å². The minimum absolute atomic E-state index is 1.01. The second kappa shape index (κ2) is 11.8. The van der Waals surface area contributed by atoms with Gasteiger partial charge in [-0.3, -0.25) is 4.98 Å². The van der Waals surface area contributed by atoms with Gasteiger partial charge in [0.15, 0.2) is 0 Å². The summed E-state index contributed by atoms with van der Waals surface area (Å²) in [4.78, 5) is 9.07. The van der Waals surface area contributed by atoms with E-state index in [0.717, 1.165) is 17.6 Å². The summed E-state index contributed by atoms with van der Waals surface area (Å²) < 4.78 is 2.32. The third-order valence-electron chi connectivity index (χ3n) is 5.85. The van der Waals surface area contributed by atoms with Crippen LogP contribution in [0.3, 0.4) is 0 Å². The Kier molecular flexibility index (Phi) is 8.80. The summed E-state index contributed by atoms with van der Waals surface area (Å²) in [5.41, 5.74) is 3.31. The van der Waals surface area contributed by atoms with E-state index in [2.05, 4.69) is 39.7 Å². The van der Waals surface area contributed by atoms with Crippen LogP contribution in [0.25, 0.3) is 21.9 Å². The molecule has 152 valence electrons. The van der Waals surface area contributed by atoms with Crippen molar-refractivity contribution in [3.05, 3.63) is 36.8 Å². The number of nitrogens with zero attached hydrogens (tertiary/aromatic N) is 3. The Balaban J connectivity index is 1.30. The first kappa shape index (κ1) is 20.8. The average molecular weight is 380 g/mol. The fraction of sp³-hybridized carbons (Fsp3) is 0.600. The molecule has 0 bridgehead atoms. The predicted molar refractivity (Wildman–Crippen MR) is 121 cm³/mol. The average Bonchev–Trinajstić information content (AvgIpc) is 3.15. The summed E-state index contributed by atoms with van der Waals surface area (Å²) in [5, 5.41) is 1.21. The molecular formula is C25H37N3. The van der Waals surface area contributed by atoms with Gasteiger partial charge in [0.25, 0.3) is 0 Å². The number of para-hydroxylation sites is 1. The van der Waals surface area contributed by atoms with Crippen LogP contribution in [0.15, 0.2) is 36.8 Å². The van der Waals surface area contributed by atoms with Crippen molar-refractivity contribution in [1.29, 1.82) is 0 Å². The van der Waals surface area contributed by atoms with Crippen LogP contribution in [0.2, 0.25) is 0 Å². The summed E-state index contributed by atoms with van der Waals surface area (Å²) in [6.07, 6.45) is 22.0. The second-order valence-corrected chi connectivity index (χ2v) is 8.19. The Bertz CT molecular complexity index is 821. The van der Waals surface area contributed by atoms with E-state index in [4.69, 9.17) is 0 Å². The van der Waals surface area contributed by atoms with Gasteiger partial charge in [-0.25, -0.2) is 4.98 Å². The Morgan fingerprint density at radius 3 is 1.96 bits per heavy atom. The molecule has 3 rings (SSSR count). The zero-order valence-electron chi connectivity index (χ0n) is 17.7. The molecule has 3 nitrogen and oxygen atoms in total. The standard InChI is InChI=1S/C25H37N3/c1-2-3-4-5-6-7-8-9-10-11-12-13-16-19-28-21-27-24-20-26-23-18-15-14-17-22(23)25(24)28/h14-15,17-18,20-21H,2-13,16,19H2,1H3. The van der Waals surface area contributed by atoms with Crippen molar-refractivity contribution < 1.29 is 0 Å². The lowest BCUT2D eigenvalue weighted by Crippen LogP contribution is -1.97. The van der Waals surface area contributed by atoms with Crippen LogP contribution in [-0.4, -0.2) is 14.5 Å². The summed E-state index contributed by atoms with van der Waals surface area (Å²) in [5.74, 6) is 0. The molecule has 28 heavy (non-hydrogen) atoms. The van der Waals surface area contributed by atoms with Gasteiger partial charge in [-0.05, 0) is 12.5 Å². The second-order valence-electron chi connectivity index (χ2n) is 8.19. The first-order valence-electron chi connectivity index (χ1n) is 11.6. The van der Waals surface area contributed by atoms with Gasteiger partial charge in [0.2, 0.25) is 0 Å². The molecule has 3 heteroatoms. The molecule has 0 amide bonds. The minimum Gasteiger partial charge on any atom is -0.330 e. The smallest absolute Gasteiger partial charge is 0.107 e. The summed E-state index contributed by atoms with van der Waals surface area (Å²) >= 11 is 0. The van der Waals surface area contributed by atoms with E-state index in [0.29, 0.717) is 0 Å². The van der Waals surface area contributed by atoms with Crippen LogP contribution in [-0.2, 0) is 6.54 Å².